The third-order valence-electron chi connectivity index (χ3n) is 3.89. The Bertz CT molecular complexity index is 363. The molecule has 0 saturated heterocycles. The van der Waals surface area contributed by atoms with Crippen LogP contribution in [0, 0.1) is 5.92 Å². The lowest BCUT2D eigenvalue weighted by Gasteiger charge is -2.22. The molecule has 0 spiro atoms. The van der Waals surface area contributed by atoms with Gasteiger partial charge in [-0.25, -0.2) is 0 Å². The Morgan fingerprint density at radius 3 is 2.56 bits per heavy atom. The summed E-state index contributed by atoms with van der Waals surface area (Å²) in [7, 11) is 0. The fourth-order valence-corrected chi connectivity index (χ4v) is 3.19. The molecule has 1 aromatic carbocycles. The largest absolute Gasteiger partial charge is 0.329 e. The van der Waals surface area contributed by atoms with E-state index in [4.69, 9.17) is 5.73 Å². The summed E-state index contributed by atoms with van der Waals surface area (Å²) in [6, 6.07) is 9.72. The predicted molar refractivity (Wildman–Crippen MR) is 80.0 cm³/mol. The fourth-order valence-electron chi connectivity index (χ4n) is 2.78. The Hall–Kier alpha value is -0.510. The van der Waals surface area contributed by atoms with Crippen molar-refractivity contribution >= 4 is 11.8 Å². The third kappa shape index (κ3) is 3.50. The van der Waals surface area contributed by atoms with Gasteiger partial charge in [0.1, 0.15) is 0 Å². The second-order valence-electron chi connectivity index (χ2n) is 5.34. The Balaban J connectivity index is 1.98. The number of hydrogen-bond donors (Lipinski definition) is 2. The lowest BCUT2D eigenvalue weighted by Crippen LogP contribution is -2.35. The van der Waals surface area contributed by atoms with Crippen LogP contribution in [0.15, 0.2) is 29.2 Å². The molecule has 2 rings (SSSR count). The molecule has 1 aliphatic carbocycles. The topological polar surface area (TPSA) is 38.0 Å². The van der Waals surface area contributed by atoms with Crippen LogP contribution in [0.4, 0.5) is 0 Å². The molecule has 0 amide bonds. The van der Waals surface area contributed by atoms with Gasteiger partial charge in [-0.1, -0.05) is 19.1 Å². The van der Waals surface area contributed by atoms with E-state index in [2.05, 4.69) is 42.8 Å². The molecule has 1 fully saturated rings. The summed E-state index contributed by atoms with van der Waals surface area (Å²) in [4.78, 5) is 1.31. The van der Waals surface area contributed by atoms with Crippen LogP contribution in [0.25, 0.3) is 0 Å². The van der Waals surface area contributed by atoms with Gasteiger partial charge in [-0.3, -0.25) is 0 Å². The first-order chi connectivity index (χ1) is 8.72. The van der Waals surface area contributed by atoms with Gasteiger partial charge in [0.2, 0.25) is 0 Å². The highest BCUT2D eigenvalue weighted by molar-refractivity contribution is 7.98. The lowest BCUT2D eigenvalue weighted by atomic mass is 10.1. The zero-order valence-electron chi connectivity index (χ0n) is 11.4. The molecular weight excluding hydrogens is 240 g/mol. The summed E-state index contributed by atoms with van der Waals surface area (Å²) in [5.74, 6) is 0.861. The monoisotopic (exact) mass is 264 g/mol. The highest BCUT2D eigenvalue weighted by Crippen LogP contribution is 2.27. The van der Waals surface area contributed by atoms with E-state index in [1.807, 2.05) is 0 Å². The molecule has 0 bridgehead atoms. The molecule has 1 aliphatic rings. The molecule has 0 aliphatic heterocycles. The molecule has 1 aromatic rings. The number of rotatable bonds is 5. The van der Waals surface area contributed by atoms with Gasteiger partial charge >= 0.3 is 0 Å². The van der Waals surface area contributed by atoms with Crippen LogP contribution >= 0.6 is 11.8 Å². The molecule has 0 heterocycles. The van der Waals surface area contributed by atoms with Crippen molar-refractivity contribution in [2.45, 2.75) is 43.2 Å². The van der Waals surface area contributed by atoms with Crippen LogP contribution in [0.5, 0.6) is 0 Å². The van der Waals surface area contributed by atoms with E-state index >= 15 is 0 Å². The highest BCUT2D eigenvalue weighted by Gasteiger charge is 2.23. The first-order valence-electron chi connectivity index (χ1n) is 6.83. The van der Waals surface area contributed by atoms with Crippen LogP contribution in [-0.4, -0.2) is 18.8 Å². The number of thioether (sulfide) groups is 1. The molecule has 0 radical (unpaired) electrons. The molecule has 1 saturated carbocycles. The summed E-state index contributed by atoms with van der Waals surface area (Å²) >= 11 is 1.78. The zero-order valence-corrected chi connectivity index (χ0v) is 12.2. The van der Waals surface area contributed by atoms with Crippen LogP contribution < -0.4 is 11.1 Å². The average molecular weight is 264 g/mol. The summed E-state index contributed by atoms with van der Waals surface area (Å²) in [5, 5.41) is 3.72. The molecule has 18 heavy (non-hydrogen) atoms. The van der Waals surface area contributed by atoms with E-state index < -0.39 is 0 Å². The van der Waals surface area contributed by atoms with Gasteiger partial charge in [0.05, 0.1) is 0 Å². The fraction of sp³-hybridized carbons (Fsp3) is 0.600. The van der Waals surface area contributed by atoms with Crippen LogP contribution in [-0.2, 0) is 0 Å². The smallest absolute Gasteiger partial charge is 0.0446 e. The number of nitrogens with one attached hydrogen (secondary N) is 1. The van der Waals surface area contributed by atoms with Gasteiger partial charge in [-0.15, -0.1) is 11.8 Å². The van der Waals surface area contributed by atoms with Gasteiger partial charge in [-0.05, 0) is 49.1 Å². The number of nitrogens with two attached hydrogens (primary N) is 1. The lowest BCUT2D eigenvalue weighted by molar-refractivity contribution is 0.434. The standard InChI is InChI=1S/C15H24N2S/c1-11-3-6-13(9-11)17-15(10-16)12-4-7-14(18-2)8-5-12/h4-5,7-8,11,13,15,17H,3,6,9-10,16H2,1-2H3. The molecule has 3 unspecified atom stereocenters. The van der Waals surface area contributed by atoms with Gasteiger partial charge in [0, 0.05) is 23.5 Å². The second kappa shape index (κ2) is 6.60. The first kappa shape index (κ1) is 13.9. The minimum atomic E-state index is 0.302. The quantitative estimate of drug-likeness (QED) is 0.802. The van der Waals surface area contributed by atoms with Crippen LogP contribution in [0.3, 0.4) is 0 Å². The molecular formula is C15H24N2S. The summed E-state index contributed by atoms with van der Waals surface area (Å²) < 4.78 is 0. The van der Waals surface area contributed by atoms with Crippen molar-refractivity contribution in [2.75, 3.05) is 12.8 Å². The Labute approximate surface area is 115 Å². The Morgan fingerprint density at radius 2 is 2.06 bits per heavy atom. The third-order valence-corrected chi connectivity index (χ3v) is 4.63. The molecule has 3 atom stereocenters. The van der Waals surface area contributed by atoms with Crippen LogP contribution in [0.2, 0.25) is 0 Å². The maximum absolute atomic E-state index is 5.92. The SMILES string of the molecule is CSc1ccc(C(CN)NC2CCC(C)C2)cc1. The van der Waals surface area contributed by atoms with E-state index in [0.717, 1.165) is 5.92 Å². The van der Waals surface area contributed by atoms with E-state index in [9.17, 15) is 0 Å². The van der Waals surface area contributed by atoms with E-state index in [1.54, 1.807) is 11.8 Å². The molecule has 2 nitrogen and oxygen atoms in total. The van der Waals surface area contributed by atoms with Gasteiger partial charge in [0.15, 0.2) is 0 Å². The zero-order chi connectivity index (χ0) is 13.0. The van der Waals surface area contributed by atoms with Crippen molar-refractivity contribution < 1.29 is 0 Å². The average Bonchev–Trinajstić information content (AvgIpc) is 2.82. The van der Waals surface area contributed by atoms with Gasteiger partial charge in [0.25, 0.3) is 0 Å². The highest BCUT2D eigenvalue weighted by atomic mass is 32.2. The minimum Gasteiger partial charge on any atom is -0.329 e. The minimum absolute atomic E-state index is 0.302. The molecule has 3 N–H and O–H groups in total. The van der Waals surface area contributed by atoms with Gasteiger partial charge < -0.3 is 11.1 Å². The van der Waals surface area contributed by atoms with Crippen molar-refractivity contribution in [2.24, 2.45) is 11.7 Å². The van der Waals surface area contributed by atoms with Crippen molar-refractivity contribution in [3.8, 4) is 0 Å². The van der Waals surface area contributed by atoms with Crippen LogP contribution in [0.1, 0.15) is 37.8 Å². The summed E-state index contributed by atoms with van der Waals surface area (Å²) in [5.41, 5.74) is 7.24. The van der Waals surface area contributed by atoms with Gasteiger partial charge in [-0.2, -0.15) is 0 Å². The van der Waals surface area contributed by atoms with E-state index in [1.165, 1.54) is 29.7 Å². The Kier molecular flexibility index (Phi) is 5.10. The number of benzene rings is 1. The molecule has 0 aromatic heterocycles. The van der Waals surface area contributed by atoms with E-state index in [0.29, 0.717) is 18.6 Å². The van der Waals surface area contributed by atoms with Crippen molar-refractivity contribution in [1.82, 2.24) is 5.32 Å². The van der Waals surface area contributed by atoms with Crippen molar-refractivity contribution in [1.29, 1.82) is 0 Å². The Morgan fingerprint density at radius 1 is 1.33 bits per heavy atom. The second-order valence-corrected chi connectivity index (χ2v) is 6.22. The summed E-state index contributed by atoms with van der Waals surface area (Å²) in [6.45, 7) is 3.01. The van der Waals surface area contributed by atoms with E-state index in [-0.39, 0.29) is 0 Å². The van der Waals surface area contributed by atoms with Crippen molar-refractivity contribution in [3.05, 3.63) is 29.8 Å². The maximum atomic E-state index is 5.92. The normalized spacial score (nSPS) is 25.3. The first-order valence-corrected chi connectivity index (χ1v) is 8.05. The van der Waals surface area contributed by atoms with Crippen molar-refractivity contribution in [3.63, 3.8) is 0 Å². The molecule has 100 valence electrons. The maximum Gasteiger partial charge on any atom is 0.0446 e. The number of hydrogen-bond acceptors (Lipinski definition) is 3. The predicted octanol–water partition coefficient (Wildman–Crippen LogP) is 3.19. The summed E-state index contributed by atoms with van der Waals surface area (Å²) in [6.07, 6.45) is 6.04. The molecule has 3 heteroatoms.